The molecule has 0 unspecified atom stereocenters. The molecule has 8 rings (SSSR count). The predicted octanol–water partition coefficient (Wildman–Crippen LogP) is 7.64. The maximum absolute atomic E-state index is 4.22. The van der Waals surface area contributed by atoms with Gasteiger partial charge in [0.25, 0.3) is 0 Å². The van der Waals surface area contributed by atoms with Gasteiger partial charge in [0.2, 0.25) is 6.33 Å². The predicted molar refractivity (Wildman–Crippen MR) is 157 cm³/mol. The van der Waals surface area contributed by atoms with E-state index in [1.165, 1.54) is 38.1 Å². The van der Waals surface area contributed by atoms with Crippen molar-refractivity contribution >= 4 is 38.1 Å². The van der Waals surface area contributed by atoms with Gasteiger partial charge in [0.15, 0.2) is 0 Å². The van der Waals surface area contributed by atoms with Crippen LogP contribution in [0.15, 0.2) is 116 Å². The number of nitrogens with zero attached hydrogens (tertiary/aromatic N) is 4. The van der Waals surface area contributed by atoms with Crippen LogP contribution in [0.25, 0.3) is 55.0 Å². The van der Waals surface area contributed by atoms with Crippen LogP contribution in [-0.4, -0.2) is 14.0 Å². The first-order chi connectivity index (χ1) is 19.2. The molecular weight excluding hydrogens is 669 g/mol. The molecule has 4 aromatic carbocycles. The normalized spacial score (nSPS) is 11.3. The molecule has 5 heteroatoms. The Balaban J connectivity index is 0.000000188. The van der Waals surface area contributed by atoms with Gasteiger partial charge >= 0.3 is 20.1 Å². The van der Waals surface area contributed by atoms with Gasteiger partial charge < -0.3 is 18.5 Å². The van der Waals surface area contributed by atoms with Gasteiger partial charge in [-0.2, -0.15) is 18.2 Å². The number of aromatic nitrogens is 4. The Kier molecular flexibility index (Phi) is 6.93. The van der Waals surface area contributed by atoms with Crippen LogP contribution in [0.3, 0.4) is 0 Å². The molecular formula is C35H26IrN4+. The van der Waals surface area contributed by atoms with Crippen molar-refractivity contribution in [1.82, 2.24) is 14.0 Å². The van der Waals surface area contributed by atoms with Crippen LogP contribution in [-0.2, 0) is 20.1 Å². The van der Waals surface area contributed by atoms with Gasteiger partial charge in [0.05, 0.1) is 6.04 Å². The number of rotatable bonds is 3. The topological polar surface area (TPSA) is 26.1 Å². The number of imidazole rings is 1. The Morgan fingerprint density at radius 3 is 2.23 bits per heavy atom. The third-order valence-electron chi connectivity index (χ3n) is 7.20. The van der Waals surface area contributed by atoms with Crippen LogP contribution in [0.4, 0.5) is 0 Å². The molecule has 0 N–H and O–H groups in total. The minimum atomic E-state index is 0. The van der Waals surface area contributed by atoms with E-state index in [9.17, 15) is 0 Å². The number of fused-ring (bicyclic) bond motifs is 6. The molecule has 0 aliphatic carbocycles. The molecule has 194 valence electrons. The largest absolute Gasteiger partial charge is 3.00 e. The average Bonchev–Trinajstić information content (AvgIpc) is 3.71. The molecule has 0 radical (unpaired) electrons. The Morgan fingerprint density at radius 2 is 1.48 bits per heavy atom. The van der Waals surface area contributed by atoms with E-state index in [4.69, 9.17) is 0 Å². The minimum absolute atomic E-state index is 0. The Bertz CT molecular complexity index is 2000. The number of hydrogen-bond acceptors (Lipinski definition) is 1. The van der Waals surface area contributed by atoms with E-state index in [0.717, 1.165) is 16.9 Å². The van der Waals surface area contributed by atoms with E-state index < -0.39 is 0 Å². The summed E-state index contributed by atoms with van der Waals surface area (Å²) < 4.78 is 6.55. The third kappa shape index (κ3) is 4.28. The second kappa shape index (κ2) is 10.7. The molecule has 8 aromatic rings. The van der Waals surface area contributed by atoms with Crippen molar-refractivity contribution in [3.05, 3.63) is 134 Å². The van der Waals surface area contributed by atoms with E-state index in [-0.39, 0.29) is 20.1 Å². The van der Waals surface area contributed by atoms with Gasteiger partial charge in [-0.25, -0.2) is 0 Å². The molecule has 0 fully saturated rings. The van der Waals surface area contributed by atoms with Crippen LogP contribution in [0.1, 0.15) is 19.9 Å². The molecule has 0 saturated carbocycles. The summed E-state index contributed by atoms with van der Waals surface area (Å²) >= 11 is 0. The molecule has 4 nitrogen and oxygen atoms in total. The van der Waals surface area contributed by atoms with E-state index in [2.05, 4.69) is 112 Å². The van der Waals surface area contributed by atoms with Crippen LogP contribution in [0, 0.1) is 18.5 Å². The standard InChI is InChI=1S/C24H18N3.C11H8N.Ir/c1-16(2)25-13-14-26(15-25)22-12-6-10-20-19-9-5-8-18-17-7-3-4-11-21(17)27(23(18)19)24(20)22;1-2-6-10(7-3-1)11-8-4-5-9-12-11;/h3-11,13-14,16H,1-2H3;1-6,8-9H;/q2*-1;+3. The van der Waals surface area contributed by atoms with E-state index in [0.29, 0.717) is 6.04 Å². The first kappa shape index (κ1) is 25.9. The smallest absolute Gasteiger partial charge is 0.369 e. The van der Waals surface area contributed by atoms with Gasteiger partial charge in [0, 0.05) is 40.4 Å². The van der Waals surface area contributed by atoms with E-state index in [1.54, 1.807) is 6.20 Å². The second-order valence-corrected chi connectivity index (χ2v) is 9.90. The number of para-hydroxylation sites is 2. The molecule has 0 saturated heterocycles. The molecule has 40 heavy (non-hydrogen) atoms. The summed E-state index contributed by atoms with van der Waals surface area (Å²) in [5, 5.41) is 5.15. The fourth-order valence-corrected chi connectivity index (χ4v) is 5.39. The van der Waals surface area contributed by atoms with Crippen LogP contribution >= 0.6 is 0 Å². The molecule has 4 aromatic heterocycles. The maximum atomic E-state index is 4.22. The fourth-order valence-electron chi connectivity index (χ4n) is 5.39. The van der Waals surface area contributed by atoms with Crippen molar-refractivity contribution in [3.63, 3.8) is 0 Å². The number of benzene rings is 4. The molecule has 0 atom stereocenters. The summed E-state index contributed by atoms with van der Waals surface area (Å²) in [6, 6.07) is 40.1. The van der Waals surface area contributed by atoms with Crippen molar-refractivity contribution < 1.29 is 24.7 Å². The van der Waals surface area contributed by atoms with Crippen molar-refractivity contribution in [2.24, 2.45) is 0 Å². The Labute approximate surface area is 246 Å². The fraction of sp³-hybridized carbons (Fsp3) is 0.0857. The molecule has 0 bridgehead atoms. The van der Waals surface area contributed by atoms with Crippen molar-refractivity contribution in [3.8, 4) is 16.9 Å². The summed E-state index contributed by atoms with van der Waals surface area (Å²) in [5.74, 6) is 0. The summed E-state index contributed by atoms with van der Waals surface area (Å²) in [6.45, 7) is 4.33. The van der Waals surface area contributed by atoms with Gasteiger partial charge in [0.1, 0.15) is 0 Å². The maximum Gasteiger partial charge on any atom is 3.00 e. The Morgan fingerprint density at radius 1 is 0.725 bits per heavy atom. The first-order valence-corrected chi connectivity index (χ1v) is 13.2. The zero-order valence-corrected chi connectivity index (χ0v) is 24.6. The van der Waals surface area contributed by atoms with Crippen molar-refractivity contribution in [2.75, 3.05) is 0 Å². The van der Waals surface area contributed by atoms with Gasteiger partial charge in [-0.15, -0.1) is 41.3 Å². The zero-order valence-electron chi connectivity index (χ0n) is 22.2. The molecule has 0 amide bonds. The SMILES string of the molecule is CC(C)[n+]1[c-]n(-c2[c-]ccc3c4cccc5c6ccccc6n(c23)c54)cc1.[Ir+3].[c-]1ccccc1-c1ccccn1. The molecule has 0 aliphatic rings. The summed E-state index contributed by atoms with van der Waals surface area (Å²) in [6.07, 6.45) is 9.37. The quantitative estimate of drug-likeness (QED) is 0.138. The van der Waals surface area contributed by atoms with Gasteiger partial charge in [-0.3, -0.25) is 0 Å². The summed E-state index contributed by atoms with van der Waals surface area (Å²) in [5.41, 5.74) is 6.76. The van der Waals surface area contributed by atoms with Crippen molar-refractivity contribution in [2.45, 2.75) is 19.9 Å². The average molecular weight is 695 g/mol. The summed E-state index contributed by atoms with van der Waals surface area (Å²) in [7, 11) is 0. The molecule has 0 spiro atoms. The van der Waals surface area contributed by atoms with Crippen LogP contribution in [0.2, 0.25) is 0 Å². The van der Waals surface area contributed by atoms with Gasteiger partial charge in [-0.05, 0) is 42.7 Å². The second-order valence-electron chi connectivity index (χ2n) is 9.90. The minimum Gasteiger partial charge on any atom is -0.369 e. The Hall–Kier alpha value is -4.31. The van der Waals surface area contributed by atoms with Gasteiger partial charge in [-0.1, -0.05) is 54.0 Å². The molecule has 4 heterocycles. The number of hydrogen-bond donors (Lipinski definition) is 0. The van der Waals surface area contributed by atoms with Crippen LogP contribution < -0.4 is 4.57 Å². The van der Waals surface area contributed by atoms with Crippen LogP contribution in [0.5, 0.6) is 0 Å². The third-order valence-corrected chi connectivity index (χ3v) is 7.20. The number of pyridine rings is 1. The van der Waals surface area contributed by atoms with E-state index in [1.807, 2.05) is 48.5 Å². The zero-order chi connectivity index (χ0) is 26.3. The summed E-state index contributed by atoms with van der Waals surface area (Å²) in [4.78, 5) is 4.22. The monoisotopic (exact) mass is 695 g/mol. The van der Waals surface area contributed by atoms with Crippen molar-refractivity contribution in [1.29, 1.82) is 0 Å². The molecule has 0 aliphatic heterocycles. The van der Waals surface area contributed by atoms with E-state index >= 15 is 0 Å². The first-order valence-electron chi connectivity index (χ1n) is 13.2.